The first kappa shape index (κ1) is 24.4. The van der Waals surface area contributed by atoms with E-state index >= 15 is 0 Å². The molecule has 2 aromatic carbocycles. The number of amides is 1. The van der Waals surface area contributed by atoms with Crippen LogP contribution >= 0.6 is 0 Å². The second-order valence-corrected chi connectivity index (χ2v) is 8.85. The third-order valence-corrected chi connectivity index (χ3v) is 5.86. The van der Waals surface area contributed by atoms with Gasteiger partial charge in [0.2, 0.25) is 5.91 Å². The molecule has 1 amide bonds. The van der Waals surface area contributed by atoms with E-state index in [0.717, 1.165) is 46.1 Å². The summed E-state index contributed by atoms with van der Waals surface area (Å²) >= 11 is 0. The fourth-order valence-electron chi connectivity index (χ4n) is 4.01. The van der Waals surface area contributed by atoms with E-state index in [2.05, 4.69) is 24.3 Å². The molecule has 1 aromatic heterocycles. The molecule has 3 aromatic rings. The SMILES string of the molecule is COc1ccc(CC(NC(=O)Cc2c(C)nn(CC(C)C)c2C)c2ccc(OC)cc2)cc1. The molecule has 1 heterocycles. The molecule has 0 fully saturated rings. The highest BCUT2D eigenvalue weighted by molar-refractivity contribution is 5.79. The summed E-state index contributed by atoms with van der Waals surface area (Å²) < 4.78 is 12.6. The molecule has 0 saturated carbocycles. The molecule has 1 N–H and O–H groups in total. The van der Waals surface area contributed by atoms with Gasteiger partial charge in [0.05, 0.1) is 32.4 Å². The monoisotopic (exact) mass is 449 g/mol. The minimum Gasteiger partial charge on any atom is -0.497 e. The third kappa shape index (κ3) is 6.37. The summed E-state index contributed by atoms with van der Waals surface area (Å²) in [6.45, 7) is 9.21. The van der Waals surface area contributed by atoms with Crippen LogP contribution in [0.5, 0.6) is 11.5 Å². The number of benzene rings is 2. The maximum absolute atomic E-state index is 13.2. The molecule has 33 heavy (non-hydrogen) atoms. The molecule has 0 bridgehead atoms. The summed E-state index contributed by atoms with van der Waals surface area (Å²) in [5.74, 6) is 2.08. The van der Waals surface area contributed by atoms with Gasteiger partial charge in [0.15, 0.2) is 0 Å². The van der Waals surface area contributed by atoms with Gasteiger partial charge in [-0.1, -0.05) is 38.1 Å². The summed E-state index contributed by atoms with van der Waals surface area (Å²) in [5.41, 5.74) is 5.14. The Morgan fingerprint density at radius 2 is 1.55 bits per heavy atom. The fourth-order valence-corrected chi connectivity index (χ4v) is 4.01. The number of aryl methyl sites for hydroxylation is 1. The highest BCUT2D eigenvalue weighted by atomic mass is 16.5. The zero-order valence-corrected chi connectivity index (χ0v) is 20.5. The molecular formula is C27H35N3O3. The van der Waals surface area contributed by atoms with Crippen molar-refractivity contribution in [3.63, 3.8) is 0 Å². The molecule has 1 atom stereocenters. The number of nitrogens with one attached hydrogen (secondary N) is 1. The second kappa shape index (κ2) is 11.0. The molecule has 0 aliphatic carbocycles. The maximum atomic E-state index is 13.2. The Kier molecular flexibility index (Phi) is 8.15. The lowest BCUT2D eigenvalue weighted by molar-refractivity contribution is -0.121. The van der Waals surface area contributed by atoms with Crippen LogP contribution in [0.25, 0.3) is 0 Å². The lowest BCUT2D eigenvalue weighted by Gasteiger charge is -2.20. The molecule has 0 aliphatic heterocycles. The number of hydrogen-bond donors (Lipinski definition) is 1. The van der Waals surface area contributed by atoms with Crippen LogP contribution in [0, 0.1) is 19.8 Å². The van der Waals surface area contributed by atoms with Crippen molar-refractivity contribution in [3.8, 4) is 11.5 Å². The van der Waals surface area contributed by atoms with Gasteiger partial charge in [-0.05, 0) is 61.6 Å². The molecule has 6 nitrogen and oxygen atoms in total. The van der Waals surface area contributed by atoms with Gasteiger partial charge in [0.1, 0.15) is 11.5 Å². The average molecular weight is 450 g/mol. The van der Waals surface area contributed by atoms with Crippen LogP contribution in [0.1, 0.15) is 48.0 Å². The predicted molar refractivity (Wildman–Crippen MR) is 131 cm³/mol. The van der Waals surface area contributed by atoms with E-state index in [0.29, 0.717) is 18.8 Å². The Balaban J connectivity index is 1.80. The molecule has 0 spiro atoms. The van der Waals surface area contributed by atoms with Crippen LogP contribution in [-0.2, 0) is 24.2 Å². The Hall–Kier alpha value is -3.28. The van der Waals surface area contributed by atoms with Crippen molar-refractivity contribution in [3.05, 3.63) is 76.6 Å². The van der Waals surface area contributed by atoms with Crippen LogP contribution < -0.4 is 14.8 Å². The Morgan fingerprint density at radius 3 is 2.09 bits per heavy atom. The zero-order valence-electron chi connectivity index (χ0n) is 20.5. The molecule has 0 aliphatic rings. The first-order valence-corrected chi connectivity index (χ1v) is 11.4. The molecule has 0 saturated heterocycles. The molecule has 0 radical (unpaired) electrons. The largest absolute Gasteiger partial charge is 0.497 e. The Morgan fingerprint density at radius 1 is 0.970 bits per heavy atom. The Labute approximate surface area is 196 Å². The summed E-state index contributed by atoms with van der Waals surface area (Å²) in [5, 5.41) is 7.91. The number of nitrogens with zero attached hydrogens (tertiary/aromatic N) is 2. The number of rotatable bonds is 10. The molecular weight excluding hydrogens is 414 g/mol. The van der Waals surface area contributed by atoms with Gasteiger partial charge in [0.25, 0.3) is 0 Å². The summed E-state index contributed by atoms with van der Waals surface area (Å²) in [7, 11) is 3.30. The number of methoxy groups -OCH3 is 2. The first-order valence-electron chi connectivity index (χ1n) is 11.4. The molecule has 3 rings (SSSR count). The molecule has 1 unspecified atom stereocenters. The topological polar surface area (TPSA) is 65.4 Å². The lowest BCUT2D eigenvalue weighted by atomic mass is 9.98. The standard InChI is InChI=1S/C27H35N3O3/c1-18(2)17-30-20(4)25(19(3)29-30)16-27(31)28-26(22-9-13-24(33-6)14-10-22)15-21-7-11-23(32-5)12-8-21/h7-14,18,26H,15-17H2,1-6H3,(H,28,31). The van der Waals surface area contributed by atoms with Crippen molar-refractivity contribution < 1.29 is 14.3 Å². The van der Waals surface area contributed by atoms with E-state index < -0.39 is 0 Å². The van der Waals surface area contributed by atoms with Crippen molar-refractivity contribution in [2.24, 2.45) is 5.92 Å². The summed E-state index contributed by atoms with van der Waals surface area (Å²) in [4.78, 5) is 13.2. The molecule has 6 heteroatoms. The van der Waals surface area contributed by atoms with Crippen molar-refractivity contribution in [1.82, 2.24) is 15.1 Å². The highest BCUT2D eigenvalue weighted by Crippen LogP contribution is 2.23. The number of aromatic nitrogens is 2. The van der Waals surface area contributed by atoms with Crippen molar-refractivity contribution in [1.29, 1.82) is 0 Å². The fraction of sp³-hybridized carbons (Fsp3) is 0.407. The van der Waals surface area contributed by atoms with Crippen LogP contribution in [0.2, 0.25) is 0 Å². The predicted octanol–water partition coefficient (Wildman–Crippen LogP) is 4.82. The van der Waals surface area contributed by atoms with Gasteiger partial charge < -0.3 is 14.8 Å². The third-order valence-electron chi connectivity index (χ3n) is 5.86. The van der Waals surface area contributed by atoms with E-state index in [-0.39, 0.29) is 11.9 Å². The maximum Gasteiger partial charge on any atom is 0.225 e. The van der Waals surface area contributed by atoms with E-state index in [1.807, 2.05) is 67.1 Å². The Bertz CT molecular complexity index is 1050. The van der Waals surface area contributed by atoms with Gasteiger partial charge in [-0.2, -0.15) is 5.10 Å². The molecule has 176 valence electrons. The normalized spacial score (nSPS) is 12.0. The van der Waals surface area contributed by atoms with Crippen LogP contribution in [0.4, 0.5) is 0 Å². The number of carbonyl (C=O) groups excluding carboxylic acids is 1. The van der Waals surface area contributed by atoms with Gasteiger partial charge in [-0.15, -0.1) is 0 Å². The van der Waals surface area contributed by atoms with Gasteiger partial charge in [-0.3, -0.25) is 9.48 Å². The van der Waals surface area contributed by atoms with E-state index in [1.54, 1.807) is 14.2 Å². The average Bonchev–Trinajstić information content (AvgIpc) is 3.06. The van der Waals surface area contributed by atoms with Gasteiger partial charge in [0, 0.05) is 17.8 Å². The van der Waals surface area contributed by atoms with Crippen LogP contribution in [0.3, 0.4) is 0 Å². The van der Waals surface area contributed by atoms with E-state index in [4.69, 9.17) is 9.47 Å². The van der Waals surface area contributed by atoms with Gasteiger partial charge in [-0.25, -0.2) is 0 Å². The zero-order chi connectivity index (χ0) is 24.0. The minimum absolute atomic E-state index is 0.0142. The van der Waals surface area contributed by atoms with Crippen molar-refractivity contribution >= 4 is 5.91 Å². The van der Waals surface area contributed by atoms with Crippen LogP contribution in [0.15, 0.2) is 48.5 Å². The summed E-state index contributed by atoms with van der Waals surface area (Å²) in [6.07, 6.45) is 0.984. The first-order chi connectivity index (χ1) is 15.8. The minimum atomic E-state index is -0.164. The number of ether oxygens (including phenoxy) is 2. The van der Waals surface area contributed by atoms with Crippen LogP contribution in [-0.4, -0.2) is 29.9 Å². The lowest BCUT2D eigenvalue weighted by Crippen LogP contribution is -2.31. The van der Waals surface area contributed by atoms with Crippen molar-refractivity contribution in [2.75, 3.05) is 14.2 Å². The van der Waals surface area contributed by atoms with Crippen molar-refractivity contribution in [2.45, 2.75) is 53.1 Å². The smallest absolute Gasteiger partial charge is 0.225 e. The van der Waals surface area contributed by atoms with E-state index in [1.165, 1.54) is 0 Å². The number of carbonyl (C=O) groups is 1. The quantitative estimate of drug-likeness (QED) is 0.482. The number of hydrogen-bond acceptors (Lipinski definition) is 4. The van der Waals surface area contributed by atoms with Gasteiger partial charge >= 0.3 is 0 Å². The summed E-state index contributed by atoms with van der Waals surface area (Å²) in [6, 6.07) is 15.6. The van der Waals surface area contributed by atoms with E-state index in [9.17, 15) is 4.79 Å². The highest BCUT2D eigenvalue weighted by Gasteiger charge is 2.20. The second-order valence-electron chi connectivity index (χ2n) is 8.85.